The molecule has 5 rings (SSSR count). The van der Waals surface area contributed by atoms with Gasteiger partial charge in [0.25, 0.3) is 11.5 Å². The Labute approximate surface area is 269 Å². The van der Waals surface area contributed by atoms with Gasteiger partial charge < -0.3 is 9.33 Å². The molecule has 8 nitrogen and oxygen atoms in total. The number of hydrogen-bond donors (Lipinski definition) is 1. The predicted octanol–water partition coefficient (Wildman–Crippen LogP) is 8.02. The van der Waals surface area contributed by atoms with Crippen molar-refractivity contribution >= 4 is 19.9 Å². The summed E-state index contributed by atoms with van der Waals surface area (Å²) in [5.41, 5.74) is 5.19. The summed E-state index contributed by atoms with van der Waals surface area (Å²) < 4.78 is 8.36. The van der Waals surface area contributed by atoms with Crippen LogP contribution in [0.25, 0.3) is 16.9 Å². The highest BCUT2D eigenvalue weighted by atomic mass is 28.4. The average molecular weight is 630 g/mol. The minimum atomic E-state index is -2.16. The molecular weight excluding hydrogens is 579 g/mol. The summed E-state index contributed by atoms with van der Waals surface area (Å²) in [4.78, 5) is 34.5. The van der Waals surface area contributed by atoms with Gasteiger partial charge in [-0.05, 0) is 47.4 Å². The van der Waals surface area contributed by atoms with Gasteiger partial charge in [0.1, 0.15) is 5.56 Å². The first-order valence-electron chi connectivity index (χ1n) is 17.1. The van der Waals surface area contributed by atoms with Crippen molar-refractivity contribution in [3.63, 3.8) is 0 Å². The van der Waals surface area contributed by atoms with E-state index in [0.717, 1.165) is 5.56 Å². The van der Waals surface area contributed by atoms with Crippen molar-refractivity contribution in [3.05, 3.63) is 57.5 Å². The summed E-state index contributed by atoms with van der Waals surface area (Å²) in [5, 5.41) is 12.8. The molecule has 0 radical (unpaired) electrons. The number of aromatic amines is 1. The lowest BCUT2D eigenvalue weighted by Gasteiger charge is -2.42. The molecule has 1 N–H and O–H groups in total. The summed E-state index contributed by atoms with van der Waals surface area (Å²) in [6.07, 6.45) is 6.97. The number of fused-ring (bicyclic) bond motifs is 1. The highest BCUT2D eigenvalue weighted by Crippen LogP contribution is 2.43. The van der Waals surface area contributed by atoms with Crippen LogP contribution in [0.1, 0.15) is 120 Å². The smallest absolute Gasteiger partial charge is 0.273 e. The molecule has 1 aliphatic heterocycles. The Morgan fingerprint density at radius 2 is 1.67 bits per heavy atom. The van der Waals surface area contributed by atoms with Gasteiger partial charge in [-0.3, -0.25) is 14.7 Å². The lowest BCUT2D eigenvalue weighted by molar-refractivity contribution is 0.0789. The molecule has 9 heteroatoms. The van der Waals surface area contributed by atoms with Crippen LogP contribution < -0.4 is 5.56 Å². The molecule has 2 aromatic heterocycles. The number of nitrogens with one attached hydrogen (secondary N) is 1. The maximum Gasteiger partial charge on any atom is 0.273 e. The zero-order valence-corrected chi connectivity index (χ0v) is 29.2. The Kier molecular flexibility index (Phi) is 10.0. The average Bonchev–Trinajstić information content (AvgIpc) is 3.67. The first kappa shape index (κ1) is 33.1. The van der Waals surface area contributed by atoms with Gasteiger partial charge in [-0.15, -0.1) is 0 Å². The molecule has 1 aromatic carbocycles. The standard InChI is InChI=1S/C36H51N5O3Si/c1-23(2)45(24(3)4,25(5)6)44-22-26(7)34-33(36(43)40-18-17-27(20-37)21-40)35-38-31(19-32(42)41(35)39-34)30-15-13-29(14-16-30)28-11-9-8-10-12-28/h13-16,19,23-28,39H,8-12,17-18,21-22H2,1-7H3/t26-,27-/m0/s1. The minimum Gasteiger partial charge on any atom is -0.415 e. The summed E-state index contributed by atoms with van der Waals surface area (Å²) in [5.74, 6) is 0.0357. The SMILES string of the molecule is CC(C)[Si](OC[C@H](C)c1[nH]n2c(=O)cc(-c3ccc(C4CCCCC4)cc3)nc2c1C(=O)N1CC[C@@H](C#N)C1)(C(C)C)C(C)C. The monoisotopic (exact) mass is 629 g/mol. The van der Waals surface area contributed by atoms with Gasteiger partial charge in [0, 0.05) is 37.2 Å². The highest BCUT2D eigenvalue weighted by Gasteiger charge is 2.45. The molecule has 2 atom stereocenters. The summed E-state index contributed by atoms with van der Waals surface area (Å²) in [6, 6.07) is 12.3. The van der Waals surface area contributed by atoms with E-state index in [4.69, 9.17) is 9.41 Å². The third-order valence-corrected chi connectivity index (χ3v) is 16.7. The minimum absolute atomic E-state index is 0.180. The fourth-order valence-electron chi connectivity index (χ4n) is 8.19. The second kappa shape index (κ2) is 13.6. The van der Waals surface area contributed by atoms with Crippen molar-refractivity contribution in [2.24, 2.45) is 5.92 Å². The normalized spacial score (nSPS) is 18.8. The molecule has 0 spiro atoms. The second-order valence-corrected chi connectivity index (χ2v) is 19.9. The highest BCUT2D eigenvalue weighted by molar-refractivity contribution is 6.77. The maximum atomic E-state index is 14.2. The van der Waals surface area contributed by atoms with Crippen molar-refractivity contribution in [3.8, 4) is 17.3 Å². The Hall–Kier alpha value is -3.22. The van der Waals surface area contributed by atoms with E-state index in [1.165, 1.54) is 42.2 Å². The Bertz CT molecular complexity index is 1570. The van der Waals surface area contributed by atoms with E-state index in [9.17, 15) is 14.9 Å². The molecule has 0 bridgehead atoms. The topological polar surface area (TPSA) is 103 Å². The number of carbonyl (C=O) groups excluding carboxylic acids is 1. The number of carbonyl (C=O) groups is 1. The van der Waals surface area contributed by atoms with E-state index in [0.29, 0.717) is 71.3 Å². The fourth-order valence-corrected chi connectivity index (χ4v) is 13.7. The molecule has 1 amide bonds. The second-order valence-electron chi connectivity index (χ2n) is 14.4. The van der Waals surface area contributed by atoms with E-state index in [2.05, 4.69) is 83.9 Å². The zero-order chi connectivity index (χ0) is 32.5. The summed E-state index contributed by atoms with van der Waals surface area (Å²) in [6.45, 7) is 17.0. The quantitative estimate of drug-likeness (QED) is 0.229. The number of amides is 1. The molecule has 3 aromatic rings. The predicted molar refractivity (Wildman–Crippen MR) is 182 cm³/mol. The van der Waals surface area contributed by atoms with Crippen molar-refractivity contribution < 1.29 is 9.22 Å². The van der Waals surface area contributed by atoms with Crippen LogP contribution in [0.4, 0.5) is 0 Å². The molecular formula is C36H51N5O3Si. The Morgan fingerprint density at radius 1 is 1.02 bits per heavy atom. The van der Waals surface area contributed by atoms with Crippen LogP contribution in [0, 0.1) is 17.2 Å². The Morgan fingerprint density at radius 3 is 2.24 bits per heavy atom. The Balaban J connectivity index is 1.55. The maximum absolute atomic E-state index is 14.2. The molecule has 3 heterocycles. The molecule has 1 aliphatic carbocycles. The van der Waals surface area contributed by atoms with Crippen LogP contribution in [-0.2, 0) is 4.43 Å². The first-order valence-corrected chi connectivity index (χ1v) is 19.2. The van der Waals surface area contributed by atoms with E-state index < -0.39 is 8.32 Å². The summed E-state index contributed by atoms with van der Waals surface area (Å²) in [7, 11) is -2.16. The third kappa shape index (κ3) is 6.41. The van der Waals surface area contributed by atoms with E-state index >= 15 is 0 Å². The molecule has 1 saturated carbocycles. The lowest BCUT2D eigenvalue weighted by atomic mass is 9.84. The third-order valence-electron chi connectivity index (χ3n) is 10.6. The van der Waals surface area contributed by atoms with Gasteiger partial charge >= 0.3 is 0 Å². The first-order chi connectivity index (χ1) is 21.5. The van der Waals surface area contributed by atoms with Crippen molar-refractivity contribution in [2.75, 3.05) is 19.7 Å². The lowest BCUT2D eigenvalue weighted by Crippen LogP contribution is -2.48. The molecule has 2 aliphatic rings. The number of hydrogen-bond acceptors (Lipinski definition) is 5. The van der Waals surface area contributed by atoms with Crippen LogP contribution in [0.15, 0.2) is 35.1 Å². The van der Waals surface area contributed by atoms with Gasteiger partial charge in [-0.1, -0.05) is 92.0 Å². The molecule has 2 fully saturated rings. The van der Waals surface area contributed by atoms with Gasteiger partial charge in [-0.2, -0.15) is 5.26 Å². The largest absolute Gasteiger partial charge is 0.415 e. The van der Waals surface area contributed by atoms with Gasteiger partial charge in [0.15, 0.2) is 14.0 Å². The van der Waals surface area contributed by atoms with Gasteiger partial charge in [0.05, 0.1) is 23.4 Å². The zero-order valence-electron chi connectivity index (χ0n) is 28.2. The van der Waals surface area contributed by atoms with Gasteiger partial charge in [0.2, 0.25) is 0 Å². The van der Waals surface area contributed by atoms with E-state index in [1.807, 2.05) is 0 Å². The van der Waals surface area contributed by atoms with Crippen LogP contribution in [0.3, 0.4) is 0 Å². The van der Waals surface area contributed by atoms with Crippen molar-refractivity contribution in [2.45, 2.75) is 115 Å². The van der Waals surface area contributed by atoms with E-state index in [-0.39, 0.29) is 23.3 Å². The van der Waals surface area contributed by atoms with Gasteiger partial charge in [-0.25, -0.2) is 9.50 Å². The number of nitriles is 1. The molecule has 242 valence electrons. The van der Waals surface area contributed by atoms with Crippen LogP contribution >= 0.6 is 0 Å². The van der Waals surface area contributed by atoms with Crippen molar-refractivity contribution in [1.29, 1.82) is 5.26 Å². The number of likely N-dealkylation sites (tertiary alicyclic amines) is 1. The number of H-pyrrole nitrogens is 1. The van der Waals surface area contributed by atoms with Crippen LogP contribution in [-0.4, -0.2) is 53.4 Å². The van der Waals surface area contributed by atoms with E-state index in [1.54, 1.807) is 11.0 Å². The number of benzene rings is 1. The van der Waals surface area contributed by atoms with Crippen LogP contribution in [0.2, 0.25) is 16.6 Å². The van der Waals surface area contributed by atoms with Crippen LogP contribution in [0.5, 0.6) is 0 Å². The molecule has 1 saturated heterocycles. The number of rotatable bonds is 10. The fraction of sp³-hybridized carbons (Fsp3) is 0.611. The number of nitrogens with zero attached hydrogens (tertiary/aromatic N) is 4. The summed E-state index contributed by atoms with van der Waals surface area (Å²) >= 11 is 0. The van der Waals surface area contributed by atoms with Crippen molar-refractivity contribution in [1.82, 2.24) is 19.5 Å². The molecule has 0 unspecified atom stereocenters. The molecule has 45 heavy (non-hydrogen) atoms. The number of aromatic nitrogens is 3.